The quantitative estimate of drug-likeness (QED) is 0.268. The maximum Gasteiger partial charge on any atom is 0.459 e. The Kier molecular flexibility index (Phi) is 9.45. The highest BCUT2D eigenvalue weighted by Gasteiger charge is 2.72. The maximum absolute atomic E-state index is 13.1. The third-order valence-corrected chi connectivity index (χ3v) is 4.47. The summed E-state index contributed by atoms with van der Waals surface area (Å²) in [6.45, 7) is 3.67. The van der Waals surface area contributed by atoms with Crippen molar-refractivity contribution in [1.29, 1.82) is 0 Å². The van der Waals surface area contributed by atoms with Crippen molar-refractivity contribution in [2.24, 2.45) is 0 Å². The molecule has 10 heteroatoms. The Morgan fingerprint density at radius 3 is 2.08 bits per heavy atom. The van der Waals surface area contributed by atoms with E-state index in [1.54, 1.807) is 6.92 Å². The molecule has 0 heterocycles. The van der Waals surface area contributed by atoms with Crippen LogP contribution >= 0.6 is 11.8 Å². The molecule has 0 fully saturated rings. The van der Waals surface area contributed by atoms with Crippen molar-refractivity contribution in [3.8, 4) is 0 Å². The van der Waals surface area contributed by atoms with E-state index in [1.807, 2.05) is 6.92 Å². The smallest absolute Gasteiger partial charge is 0.459 e. The second-order valence-corrected chi connectivity index (χ2v) is 6.44. The summed E-state index contributed by atoms with van der Waals surface area (Å²) < 4.78 is 92.3. The molecule has 0 saturated heterocycles. The van der Waals surface area contributed by atoms with Crippen molar-refractivity contribution >= 4 is 17.7 Å². The minimum Gasteiger partial charge on any atom is -0.465 e. The average Bonchev–Trinajstić information content (AvgIpc) is 2.44. The van der Waals surface area contributed by atoms with E-state index in [0.29, 0.717) is 12.8 Å². The molecule has 0 rings (SSSR count). The van der Waals surface area contributed by atoms with Crippen molar-refractivity contribution in [3.05, 3.63) is 0 Å². The van der Waals surface area contributed by atoms with Crippen molar-refractivity contribution in [2.45, 2.75) is 69.2 Å². The van der Waals surface area contributed by atoms with Gasteiger partial charge in [0.05, 0.1) is 6.61 Å². The van der Waals surface area contributed by atoms with Gasteiger partial charge in [0.15, 0.2) is 0 Å². The van der Waals surface area contributed by atoms with Crippen LogP contribution in [0.3, 0.4) is 0 Å². The van der Waals surface area contributed by atoms with Crippen LogP contribution in [0.2, 0.25) is 0 Å². The molecule has 0 aromatic heterocycles. The molecule has 0 radical (unpaired) electrons. The van der Waals surface area contributed by atoms with E-state index in [4.69, 9.17) is 4.74 Å². The number of alkyl halides is 7. The molecule has 0 bridgehead atoms. The minimum atomic E-state index is -6.29. The topological polar surface area (TPSA) is 26.3 Å². The molecule has 0 aliphatic rings. The number of ether oxygens (including phenoxy) is 1. The van der Waals surface area contributed by atoms with Gasteiger partial charge in [-0.2, -0.15) is 30.7 Å². The highest BCUT2D eigenvalue weighted by Crippen LogP contribution is 2.48. The van der Waals surface area contributed by atoms with Crippen LogP contribution in [0.4, 0.5) is 30.7 Å². The predicted octanol–water partition coefficient (Wildman–Crippen LogP) is 5.45. The first-order chi connectivity index (χ1) is 10.9. The summed E-state index contributed by atoms with van der Waals surface area (Å²) in [6.07, 6.45) is -7.18. The lowest BCUT2D eigenvalue weighted by molar-refractivity contribution is -0.355. The van der Waals surface area contributed by atoms with E-state index < -0.39 is 42.1 Å². The molecule has 0 aromatic carbocycles. The largest absolute Gasteiger partial charge is 0.465 e. The first kappa shape index (κ1) is 23.3. The molecule has 24 heavy (non-hydrogen) atoms. The lowest BCUT2D eigenvalue weighted by Gasteiger charge is -2.28. The molecule has 1 unspecified atom stereocenters. The molecule has 0 saturated carbocycles. The van der Waals surface area contributed by atoms with E-state index in [0.717, 1.165) is 11.8 Å². The van der Waals surface area contributed by atoms with Gasteiger partial charge < -0.3 is 4.74 Å². The minimum absolute atomic E-state index is 0.00614. The summed E-state index contributed by atoms with van der Waals surface area (Å²) >= 11 is 1.13. The Morgan fingerprint density at radius 2 is 1.62 bits per heavy atom. The number of halogens is 7. The van der Waals surface area contributed by atoms with Gasteiger partial charge in [0.1, 0.15) is 5.25 Å². The molecule has 0 spiro atoms. The lowest BCUT2D eigenvalue weighted by Crippen LogP contribution is -2.51. The van der Waals surface area contributed by atoms with E-state index >= 15 is 0 Å². The second kappa shape index (κ2) is 9.72. The zero-order valence-electron chi connectivity index (χ0n) is 13.4. The number of carbonyl (C=O) groups excluding carboxylic acids is 1. The summed E-state index contributed by atoms with van der Waals surface area (Å²) in [4.78, 5) is 11.6. The zero-order valence-corrected chi connectivity index (χ0v) is 14.2. The number of esters is 1. The van der Waals surface area contributed by atoms with Crippen LogP contribution in [0.5, 0.6) is 0 Å². The van der Waals surface area contributed by atoms with Crippen molar-refractivity contribution < 1.29 is 40.3 Å². The van der Waals surface area contributed by atoms with Crippen LogP contribution in [-0.2, 0) is 9.53 Å². The SMILES string of the molecule is CCCC(SCCCCC(F)(F)C(F)(F)C(F)(F)F)C(=O)OCC. The monoisotopic (exact) mass is 386 g/mol. The number of rotatable bonds is 11. The van der Waals surface area contributed by atoms with Crippen LogP contribution < -0.4 is 0 Å². The fraction of sp³-hybridized carbons (Fsp3) is 0.929. The maximum atomic E-state index is 13.1. The number of carbonyl (C=O) groups is 1. The van der Waals surface area contributed by atoms with Crippen LogP contribution in [-0.4, -0.2) is 41.6 Å². The summed E-state index contributed by atoms with van der Waals surface area (Å²) in [5.41, 5.74) is 0. The Morgan fingerprint density at radius 1 is 1.04 bits per heavy atom. The summed E-state index contributed by atoms with van der Waals surface area (Å²) in [5, 5.41) is -0.493. The number of thioether (sulfide) groups is 1. The Bertz CT molecular complexity index is 386. The van der Waals surface area contributed by atoms with Gasteiger partial charge in [0.2, 0.25) is 0 Å². The Labute approximate surface area is 140 Å². The van der Waals surface area contributed by atoms with Crippen LogP contribution in [0, 0.1) is 0 Å². The molecule has 0 aliphatic heterocycles. The predicted molar refractivity (Wildman–Crippen MR) is 77.6 cm³/mol. The zero-order chi connectivity index (χ0) is 19.0. The van der Waals surface area contributed by atoms with Gasteiger partial charge >= 0.3 is 24.0 Å². The fourth-order valence-electron chi connectivity index (χ4n) is 1.81. The standard InChI is InChI=1S/C14H21F7O2S/c1-3-7-10(11(22)23-4-2)24-9-6-5-8-12(15,16)13(17,18)14(19,20)21/h10H,3-9H2,1-2H3. The molecule has 0 aliphatic carbocycles. The first-order valence-corrected chi connectivity index (χ1v) is 8.56. The van der Waals surface area contributed by atoms with E-state index in [-0.39, 0.29) is 18.8 Å². The normalized spacial score (nSPS) is 14.5. The fourth-order valence-corrected chi connectivity index (χ4v) is 3.07. The molecule has 0 aromatic rings. The Hall–Kier alpha value is -0.670. The highest BCUT2D eigenvalue weighted by atomic mass is 32.2. The highest BCUT2D eigenvalue weighted by molar-refractivity contribution is 8.00. The van der Waals surface area contributed by atoms with E-state index in [9.17, 15) is 35.5 Å². The second-order valence-electron chi connectivity index (χ2n) is 5.13. The van der Waals surface area contributed by atoms with Crippen molar-refractivity contribution in [3.63, 3.8) is 0 Å². The number of hydrogen-bond donors (Lipinski definition) is 0. The van der Waals surface area contributed by atoms with Gasteiger partial charge in [0, 0.05) is 6.42 Å². The van der Waals surface area contributed by atoms with Crippen LogP contribution in [0.1, 0.15) is 46.0 Å². The third kappa shape index (κ3) is 6.68. The van der Waals surface area contributed by atoms with Gasteiger partial charge in [-0.3, -0.25) is 4.79 Å². The Balaban J connectivity index is 4.35. The van der Waals surface area contributed by atoms with E-state index in [2.05, 4.69) is 0 Å². The molecule has 144 valence electrons. The number of unbranched alkanes of at least 4 members (excludes halogenated alkanes) is 1. The number of hydrogen-bond acceptors (Lipinski definition) is 3. The van der Waals surface area contributed by atoms with E-state index in [1.165, 1.54) is 0 Å². The van der Waals surface area contributed by atoms with Crippen molar-refractivity contribution in [1.82, 2.24) is 0 Å². The molecule has 0 amide bonds. The molecular formula is C14H21F7O2S. The molecule has 0 N–H and O–H groups in total. The van der Waals surface area contributed by atoms with Gasteiger partial charge in [-0.25, -0.2) is 0 Å². The van der Waals surface area contributed by atoms with Gasteiger partial charge in [-0.05, 0) is 31.9 Å². The van der Waals surface area contributed by atoms with Crippen LogP contribution in [0.25, 0.3) is 0 Å². The molecule has 2 nitrogen and oxygen atoms in total. The summed E-state index contributed by atoms with van der Waals surface area (Å²) in [5.74, 6) is -11.5. The van der Waals surface area contributed by atoms with Crippen molar-refractivity contribution in [2.75, 3.05) is 12.4 Å². The lowest BCUT2D eigenvalue weighted by atomic mass is 10.0. The van der Waals surface area contributed by atoms with Crippen LogP contribution in [0.15, 0.2) is 0 Å². The summed E-state index contributed by atoms with van der Waals surface area (Å²) in [7, 11) is 0. The average molecular weight is 386 g/mol. The first-order valence-electron chi connectivity index (χ1n) is 7.51. The third-order valence-electron chi connectivity index (χ3n) is 3.12. The molecule has 1 atom stereocenters. The summed E-state index contributed by atoms with van der Waals surface area (Å²) in [6, 6.07) is 0. The molecular weight excluding hydrogens is 365 g/mol. The van der Waals surface area contributed by atoms with Gasteiger partial charge in [-0.1, -0.05) is 13.3 Å². The van der Waals surface area contributed by atoms with Gasteiger partial charge in [-0.15, -0.1) is 11.8 Å². The van der Waals surface area contributed by atoms with Gasteiger partial charge in [0.25, 0.3) is 0 Å².